The predicted molar refractivity (Wildman–Crippen MR) is 108 cm³/mol. The lowest BCUT2D eigenvalue weighted by Gasteiger charge is -2.35. The van der Waals surface area contributed by atoms with Crippen LogP contribution in [0.3, 0.4) is 0 Å². The van der Waals surface area contributed by atoms with Gasteiger partial charge in [0, 0.05) is 42.8 Å². The summed E-state index contributed by atoms with van der Waals surface area (Å²) in [5.74, 6) is 0.491. The van der Waals surface area contributed by atoms with Crippen molar-refractivity contribution >= 4 is 27.9 Å². The van der Waals surface area contributed by atoms with Crippen molar-refractivity contribution in [3.8, 4) is 5.88 Å². The molecule has 0 spiro atoms. The van der Waals surface area contributed by atoms with E-state index >= 15 is 0 Å². The summed E-state index contributed by atoms with van der Waals surface area (Å²) >= 11 is 3.35. The number of piperidine rings is 1. The molecule has 8 heteroatoms. The summed E-state index contributed by atoms with van der Waals surface area (Å²) in [4.78, 5) is 33.0. The first-order valence-electron chi connectivity index (χ1n) is 9.76. The fourth-order valence-corrected chi connectivity index (χ4v) is 3.79. The van der Waals surface area contributed by atoms with Crippen LogP contribution in [0.25, 0.3) is 0 Å². The Morgan fingerprint density at radius 3 is 2.61 bits per heavy atom. The lowest BCUT2D eigenvalue weighted by molar-refractivity contribution is -0.136. The van der Waals surface area contributed by atoms with Crippen LogP contribution in [0.5, 0.6) is 5.88 Å². The molecule has 0 bridgehead atoms. The molecule has 0 N–H and O–H groups in total. The summed E-state index contributed by atoms with van der Waals surface area (Å²) in [6.07, 6.45) is 3.70. The highest BCUT2D eigenvalue weighted by Gasteiger charge is 2.36. The fourth-order valence-electron chi connectivity index (χ4n) is 3.56. The van der Waals surface area contributed by atoms with E-state index in [0.29, 0.717) is 32.1 Å². The number of carbonyl (C=O) groups excluding carboxylic acids is 2. The Morgan fingerprint density at radius 2 is 1.93 bits per heavy atom. The minimum atomic E-state index is -0.533. The third-order valence-electron chi connectivity index (χ3n) is 4.87. The number of aromatic nitrogens is 1. The van der Waals surface area contributed by atoms with E-state index in [1.165, 1.54) is 0 Å². The Kier molecular flexibility index (Phi) is 6.47. The first-order chi connectivity index (χ1) is 13.2. The smallest absolute Gasteiger partial charge is 0.410 e. The van der Waals surface area contributed by atoms with Crippen LogP contribution in [0.4, 0.5) is 4.79 Å². The molecule has 2 amide bonds. The molecule has 0 radical (unpaired) electrons. The predicted octanol–water partition coefficient (Wildman–Crippen LogP) is 3.47. The summed E-state index contributed by atoms with van der Waals surface area (Å²) in [6.45, 7) is 7.83. The first-order valence-corrected chi connectivity index (χ1v) is 10.6. The molecule has 3 rings (SSSR count). The van der Waals surface area contributed by atoms with Gasteiger partial charge >= 0.3 is 6.09 Å². The number of amides is 2. The van der Waals surface area contributed by atoms with Crippen molar-refractivity contribution in [3.05, 3.63) is 22.8 Å². The summed E-state index contributed by atoms with van der Waals surface area (Å²) < 4.78 is 12.3. The van der Waals surface area contributed by atoms with E-state index in [0.717, 1.165) is 23.7 Å². The van der Waals surface area contributed by atoms with Crippen LogP contribution in [0, 0.1) is 5.92 Å². The molecule has 2 fully saturated rings. The lowest BCUT2D eigenvalue weighted by Crippen LogP contribution is -2.47. The summed E-state index contributed by atoms with van der Waals surface area (Å²) in [5.41, 5.74) is -0.533. The zero-order valence-corrected chi connectivity index (χ0v) is 18.3. The second kappa shape index (κ2) is 8.68. The molecule has 28 heavy (non-hydrogen) atoms. The molecule has 0 aliphatic carbocycles. The lowest BCUT2D eigenvalue weighted by atomic mass is 9.97. The summed E-state index contributed by atoms with van der Waals surface area (Å²) in [5, 5.41) is 0. The van der Waals surface area contributed by atoms with Crippen molar-refractivity contribution in [2.45, 2.75) is 51.7 Å². The minimum absolute atomic E-state index is 0.0526. The number of ether oxygens (including phenoxy) is 2. The monoisotopic (exact) mass is 453 g/mol. The van der Waals surface area contributed by atoms with E-state index in [1.54, 1.807) is 11.1 Å². The van der Waals surface area contributed by atoms with Crippen LogP contribution in [-0.4, -0.2) is 64.7 Å². The Morgan fingerprint density at radius 1 is 1.14 bits per heavy atom. The SMILES string of the molecule is CC(C)(C)OC(=O)N1CCCC(C(=O)N2CCC(Oc3ccc(Br)cn3)C2)C1. The number of rotatable bonds is 3. The van der Waals surface area contributed by atoms with Gasteiger partial charge < -0.3 is 19.3 Å². The van der Waals surface area contributed by atoms with Gasteiger partial charge in [0.2, 0.25) is 11.8 Å². The van der Waals surface area contributed by atoms with Crippen molar-refractivity contribution < 1.29 is 19.1 Å². The Labute approximate surface area is 174 Å². The second-order valence-electron chi connectivity index (χ2n) is 8.39. The number of likely N-dealkylation sites (tertiary alicyclic amines) is 2. The molecule has 0 saturated carbocycles. The number of pyridine rings is 1. The maximum absolute atomic E-state index is 13.0. The highest BCUT2D eigenvalue weighted by molar-refractivity contribution is 9.10. The zero-order valence-electron chi connectivity index (χ0n) is 16.7. The van der Waals surface area contributed by atoms with E-state index in [1.807, 2.05) is 37.8 Å². The highest BCUT2D eigenvalue weighted by Crippen LogP contribution is 2.24. The standard InChI is InChI=1S/C20H28BrN3O4/c1-20(2,3)28-19(26)24-9-4-5-14(12-24)18(25)23-10-8-16(13-23)27-17-7-6-15(21)11-22-17/h6-7,11,14,16H,4-5,8-10,12-13H2,1-3H3. The molecule has 7 nitrogen and oxygen atoms in total. The number of halogens is 1. The molecule has 154 valence electrons. The van der Waals surface area contributed by atoms with Gasteiger partial charge in [-0.1, -0.05) is 0 Å². The molecule has 2 atom stereocenters. The van der Waals surface area contributed by atoms with E-state index in [-0.39, 0.29) is 24.0 Å². The normalized spacial score (nSPS) is 22.9. The largest absolute Gasteiger partial charge is 0.472 e. The van der Waals surface area contributed by atoms with E-state index in [9.17, 15) is 9.59 Å². The zero-order chi connectivity index (χ0) is 20.3. The third kappa shape index (κ3) is 5.59. The van der Waals surface area contributed by atoms with E-state index in [4.69, 9.17) is 9.47 Å². The molecule has 2 aliphatic heterocycles. The minimum Gasteiger partial charge on any atom is -0.472 e. The second-order valence-corrected chi connectivity index (χ2v) is 9.31. The third-order valence-corrected chi connectivity index (χ3v) is 5.34. The average Bonchev–Trinajstić information content (AvgIpc) is 3.10. The van der Waals surface area contributed by atoms with E-state index in [2.05, 4.69) is 20.9 Å². The number of hydrogen-bond acceptors (Lipinski definition) is 5. The van der Waals surface area contributed by atoms with Crippen molar-refractivity contribution in [2.24, 2.45) is 5.92 Å². The van der Waals surface area contributed by atoms with Gasteiger partial charge in [0.1, 0.15) is 11.7 Å². The topological polar surface area (TPSA) is 72.0 Å². The van der Waals surface area contributed by atoms with Gasteiger partial charge in [0.15, 0.2) is 0 Å². The molecule has 2 saturated heterocycles. The fraction of sp³-hybridized carbons (Fsp3) is 0.650. The Hall–Kier alpha value is -1.83. The van der Waals surface area contributed by atoms with Crippen molar-refractivity contribution in [3.63, 3.8) is 0 Å². The number of carbonyl (C=O) groups is 2. The molecule has 1 aromatic heterocycles. The maximum atomic E-state index is 13.0. The Balaban J connectivity index is 1.52. The molecular formula is C20H28BrN3O4. The number of hydrogen-bond donors (Lipinski definition) is 0. The van der Waals surface area contributed by atoms with Gasteiger partial charge in [0.05, 0.1) is 12.5 Å². The van der Waals surface area contributed by atoms with Crippen LogP contribution in [-0.2, 0) is 9.53 Å². The van der Waals surface area contributed by atoms with Gasteiger partial charge in [-0.25, -0.2) is 9.78 Å². The Bertz CT molecular complexity index is 704. The summed E-state index contributed by atoms with van der Waals surface area (Å²) in [7, 11) is 0. The summed E-state index contributed by atoms with van der Waals surface area (Å²) in [6, 6.07) is 3.70. The van der Waals surface area contributed by atoms with Gasteiger partial charge in [-0.2, -0.15) is 0 Å². The van der Waals surface area contributed by atoms with Gasteiger partial charge in [-0.05, 0) is 55.6 Å². The quantitative estimate of drug-likeness (QED) is 0.700. The molecule has 2 unspecified atom stereocenters. The molecule has 0 aromatic carbocycles. The molecular weight excluding hydrogens is 426 g/mol. The highest BCUT2D eigenvalue weighted by atomic mass is 79.9. The van der Waals surface area contributed by atoms with E-state index < -0.39 is 5.60 Å². The molecule has 3 heterocycles. The van der Waals surface area contributed by atoms with Crippen LogP contribution in [0.1, 0.15) is 40.0 Å². The molecule has 1 aromatic rings. The van der Waals surface area contributed by atoms with Crippen LogP contribution in [0.2, 0.25) is 0 Å². The van der Waals surface area contributed by atoms with Crippen molar-refractivity contribution in [2.75, 3.05) is 26.2 Å². The van der Waals surface area contributed by atoms with Crippen LogP contribution >= 0.6 is 15.9 Å². The van der Waals surface area contributed by atoms with Gasteiger partial charge in [-0.3, -0.25) is 4.79 Å². The number of nitrogens with zero attached hydrogens (tertiary/aromatic N) is 3. The van der Waals surface area contributed by atoms with Crippen molar-refractivity contribution in [1.82, 2.24) is 14.8 Å². The van der Waals surface area contributed by atoms with Gasteiger partial charge in [0.25, 0.3) is 0 Å². The van der Waals surface area contributed by atoms with Crippen molar-refractivity contribution in [1.29, 1.82) is 0 Å². The van der Waals surface area contributed by atoms with Gasteiger partial charge in [-0.15, -0.1) is 0 Å². The first kappa shape index (κ1) is 20.9. The maximum Gasteiger partial charge on any atom is 0.410 e. The van der Waals surface area contributed by atoms with Crippen LogP contribution in [0.15, 0.2) is 22.8 Å². The molecule has 2 aliphatic rings. The average molecular weight is 454 g/mol. The van der Waals surface area contributed by atoms with Crippen LogP contribution < -0.4 is 4.74 Å².